The van der Waals surface area contributed by atoms with Crippen LogP contribution >= 0.6 is 0 Å². The first-order valence-corrected chi connectivity index (χ1v) is 6.52. The fraction of sp³-hybridized carbons (Fsp3) is 0.429. The van der Waals surface area contributed by atoms with Gasteiger partial charge in [-0.3, -0.25) is 0 Å². The number of rotatable bonds is 4. The number of aryl methyl sites for hydroxylation is 1. The summed E-state index contributed by atoms with van der Waals surface area (Å²) in [7, 11) is 0. The molecule has 1 aromatic heterocycles. The van der Waals surface area contributed by atoms with Crippen LogP contribution in [-0.4, -0.2) is 14.8 Å². The molecule has 0 bridgehead atoms. The highest BCUT2D eigenvalue weighted by molar-refractivity contribution is 5.58. The van der Waals surface area contributed by atoms with E-state index in [0.717, 1.165) is 0 Å². The lowest BCUT2D eigenvalue weighted by atomic mass is 10.1. The van der Waals surface area contributed by atoms with E-state index >= 15 is 0 Å². The third-order valence-corrected chi connectivity index (χ3v) is 3.07. The van der Waals surface area contributed by atoms with Crippen molar-refractivity contribution in [1.82, 2.24) is 14.8 Å². The Kier molecular flexibility index (Phi) is 4.13. The summed E-state index contributed by atoms with van der Waals surface area (Å²) in [4.78, 5) is 0. The molecule has 1 heterocycles. The van der Waals surface area contributed by atoms with Crippen molar-refractivity contribution in [2.45, 2.75) is 33.9 Å². The van der Waals surface area contributed by atoms with Crippen molar-refractivity contribution >= 4 is 0 Å². The summed E-state index contributed by atoms with van der Waals surface area (Å²) in [5, 5.41) is 7.86. The van der Waals surface area contributed by atoms with Crippen LogP contribution in [0.15, 0.2) is 12.1 Å². The number of nitrogens with zero attached hydrogens (tertiary/aromatic N) is 3. The van der Waals surface area contributed by atoms with Crippen molar-refractivity contribution in [2.24, 2.45) is 11.7 Å². The summed E-state index contributed by atoms with van der Waals surface area (Å²) in [5.41, 5.74) is 5.84. The molecule has 0 aliphatic carbocycles. The third-order valence-electron chi connectivity index (χ3n) is 3.07. The Morgan fingerprint density at radius 1 is 1.25 bits per heavy atom. The molecule has 0 radical (unpaired) electrons. The van der Waals surface area contributed by atoms with Gasteiger partial charge in [-0.05, 0) is 24.5 Å². The molecule has 108 valence electrons. The molecular weight excluding hydrogens is 262 g/mol. The lowest BCUT2D eigenvalue weighted by molar-refractivity contribution is 0.506. The van der Waals surface area contributed by atoms with Crippen LogP contribution in [0.3, 0.4) is 0 Å². The second-order valence-electron chi connectivity index (χ2n) is 5.20. The van der Waals surface area contributed by atoms with Gasteiger partial charge in [0.1, 0.15) is 17.5 Å². The lowest BCUT2D eigenvalue weighted by Crippen LogP contribution is -2.14. The third kappa shape index (κ3) is 2.56. The number of halogens is 2. The van der Waals surface area contributed by atoms with Crippen LogP contribution in [0.4, 0.5) is 8.78 Å². The van der Waals surface area contributed by atoms with Gasteiger partial charge in [-0.2, -0.15) is 0 Å². The smallest absolute Gasteiger partial charge is 0.169 e. The van der Waals surface area contributed by atoms with E-state index in [0.29, 0.717) is 17.9 Å². The van der Waals surface area contributed by atoms with E-state index < -0.39 is 11.6 Å². The SMILES string of the molecule is Cc1ccc(F)c(-c2nnc(CN)n2CC(C)C)c1F. The van der Waals surface area contributed by atoms with Gasteiger partial charge in [-0.1, -0.05) is 19.9 Å². The molecule has 2 N–H and O–H groups in total. The Labute approximate surface area is 116 Å². The molecule has 0 unspecified atom stereocenters. The summed E-state index contributed by atoms with van der Waals surface area (Å²) in [5.74, 6) is -0.252. The lowest BCUT2D eigenvalue weighted by Gasteiger charge is -2.13. The Morgan fingerprint density at radius 3 is 2.55 bits per heavy atom. The molecule has 0 spiro atoms. The van der Waals surface area contributed by atoms with E-state index in [4.69, 9.17) is 5.73 Å². The Bertz CT molecular complexity index is 620. The zero-order valence-electron chi connectivity index (χ0n) is 11.8. The Morgan fingerprint density at radius 2 is 1.95 bits per heavy atom. The van der Waals surface area contributed by atoms with Gasteiger partial charge >= 0.3 is 0 Å². The predicted molar refractivity (Wildman–Crippen MR) is 72.8 cm³/mol. The van der Waals surface area contributed by atoms with E-state index in [1.54, 1.807) is 11.5 Å². The van der Waals surface area contributed by atoms with Crippen LogP contribution in [-0.2, 0) is 13.1 Å². The van der Waals surface area contributed by atoms with Crippen LogP contribution in [0.25, 0.3) is 11.4 Å². The molecule has 0 amide bonds. The van der Waals surface area contributed by atoms with Crippen molar-refractivity contribution in [2.75, 3.05) is 0 Å². The van der Waals surface area contributed by atoms with Crippen molar-refractivity contribution in [3.63, 3.8) is 0 Å². The first-order chi connectivity index (χ1) is 9.45. The zero-order valence-corrected chi connectivity index (χ0v) is 11.8. The second-order valence-corrected chi connectivity index (χ2v) is 5.20. The molecule has 2 aromatic rings. The van der Waals surface area contributed by atoms with Crippen LogP contribution in [0, 0.1) is 24.5 Å². The molecule has 0 aliphatic rings. The molecule has 1 aromatic carbocycles. The molecule has 0 aliphatic heterocycles. The highest BCUT2D eigenvalue weighted by Gasteiger charge is 2.21. The van der Waals surface area contributed by atoms with Crippen LogP contribution < -0.4 is 5.73 Å². The molecule has 6 heteroatoms. The fourth-order valence-electron chi connectivity index (χ4n) is 2.09. The van der Waals surface area contributed by atoms with Gasteiger partial charge in [0.05, 0.1) is 12.1 Å². The number of aromatic nitrogens is 3. The van der Waals surface area contributed by atoms with E-state index in [1.165, 1.54) is 12.1 Å². The standard InChI is InChI=1S/C14H18F2N4/c1-8(2)7-20-11(6-17)18-19-14(20)12-10(15)5-4-9(3)13(12)16/h4-5,8H,6-7,17H2,1-3H3. The number of benzene rings is 1. The van der Waals surface area contributed by atoms with Gasteiger partial charge in [0.2, 0.25) is 0 Å². The molecule has 2 rings (SSSR count). The molecule has 0 saturated heterocycles. The molecule has 0 fully saturated rings. The fourth-order valence-corrected chi connectivity index (χ4v) is 2.09. The number of hydrogen-bond donors (Lipinski definition) is 1. The number of nitrogens with two attached hydrogens (primary N) is 1. The van der Waals surface area contributed by atoms with Gasteiger partial charge in [0.15, 0.2) is 5.82 Å². The second kappa shape index (κ2) is 5.66. The Hall–Kier alpha value is -1.82. The van der Waals surface area contributed by atoms with Gasteiger partial charge in [0, 0.05) is 6.54 Å². The van der Waals surface area contributed by atoms with Crippen LogP contribution in [0.1, 0.15) is 25.2 Å². The normalized spacial score (nSPS) is 11.3. The van der Waals surface area contributed by atoms with Gasteiger partial charge in [-0.15, -0.1) is 10.2 Å². The monoisotopic (exact) mass is 280 g/mol. The maximum atomic E-state index is 14.2. The van der Waals surface area contributed by atoms with E-state index in [9.17, 15) is 8.78 Å². The first-order valence-electron chi connectivity index (χ1n) is 6.52. The van der Waals surface area contributed by atoms with Crippen LogP contribution in [0.5, 0.6) is 0 Å². The maximum Gasteiger partial charge on any atom is 0.169 e. The van der Waals surface area contributed by atoms with Gasteiger partial charge in [0.25, 0.3) is 0 Å². The molecule has 4 nitrogen and oxygen atoms in total. The quantitative estimate of drug-likeness (QED) is 0.936. The van der Waals surface area contributed by atoms with Crippen molar-refractivity contribution in [3.8, 4) is 11.4 Å². The Balaban J connectivity index is 2.64. The average Bonchev–Trinajstić information content (AvgIpc) is 2.77. The summed E-state index contributed by atoms with van der Waals surface area (Å²) >= 11 is 0. The zero-order chi connectivity index (χ0) is 14.9. The summed E-state index contributed by atoms with van der Waals surface area (Å²) < 4.78 is 29.9. The van der Waals surface area contributed by atoms with Crippen molar-refractivity contribution < 1.29 is 8.78 Å². The van der Waals surface area contributed by atoms with E-state index in [2.05, 4.69) is 10.2 Å². The maximum absolute atomic E-state index is 14.2. The number of hydrogen-bond acceptors (Lipinski definition) is 3. The summed E-state index contributed by atoms with van der Waals surface area (Å²) in [6.45, 7) is 6.34. The minimum absolute atomic E-state index is 0.141. The van der Waals surface area contributed by atoms with E-state index in [-0.39, 0.29) is 23.9 Å². The first kappa shape index (κ1) is 14.6. The minimum Gasteiger partial charge on any atom is -0.324 e. The van der Waals surface area contributed by atoms with Crippen molar-refractivity contribution in [3.05, 3.63) is 35.2 Å². The van der Waals surface area contributed by atoms with Gasteiger partial charge < -0.3 is 10.3 Å². The minimum atomic E-state index is -0.644. The summed E-state index contributed by atoms with van der Waals surface area (Å²) in [6.07, 6.45) is 0. The van der Waals surface area contributed by atoms with Crippen molar-refractivity contribution in [1.29, 1.82) is 0 Å². The average molecular weight is 280 g/mol. The highest BCUT2D eigenvalue weighted by Crippen LogP contribution is 2.27. The molecule has 0 saturated carbocycles. The summed E-state index contributed by atoms with van der Waals surface area (Å²) in [6, 6.07) is 2.64. The van der Waals surface area contributed by atoms with Gasteiger partial charge in [-0.25, -0.2) is 8.78 Å². The topological polar surface area (TPSA) is 56.7 Å². The highest BCUT2D eigenvalue weighted by atomic mass is 19.1. The largest absolute Gasteiger partial charge is 0.324 e. The van der Waals surface area contributed by atoms with E-state index in [1.807, 2.05) is 13.8 Å². The molecular formula is C14H18F2N4. The van der Waals surface area contributed by atoms with Crippen LogP contribution in [0.2, 0.25) is 0 Å². The molecule has 0 atom stereocenters. The molecule has 20 heavy (non-hydrogen) atoms. The predicted octanol–water partition coefficient (Wildman–Crippen LogP) is 2.65.